The molecule has 0 spiro atoms. The lowest BCUT2D eigenvalue weighted by molar-refractivity contribution is 0.122. The first-order valence-corrected chi connectivity index (χ1v) is 22.2. The Morgan fingerprint density at radius 3 is 1.48 bits per heavy atom. The lowest BCUT2D eigenvalue weighted by Gasteiger charge is -2.27. The van der Waals surface area contributed by atoms with Crippen molar-refractivity contribution in [1.82, 2.24) is 39.9 Å². The number of nitrogen functional groups attached to an aromatic ring is 1. The minimum absolute atomic E-state index is 0.343. The number of hydrazone groups is 2. The number of benzene rings is 4. The molecule has 19 nitrogen and oxygen atoms in total. The lowest BCUT2D eigenvalue weighted by atomic mass is 10.0. The van der Waals surface area contributed by atoms with Crippen molar-refractivity contribution in [2.75, 3.05) is 89.6 Å². The maximum atomic E-state index is 5.78. The van der Waals surface area contributed by atoms with Gasteiger partial charge in [0.15, 0.2) is 0 Å². The van der Waals surface area contributed by atoms with E-state index in [0.29, 0.717) is 86.8 Å². The average molecular weight is 900 g/mol. The number of nitrogens with one attached hydrogen (secondary N) is 6. The summed E-state index contributed by atoms with van der Waals surface area (Å²) in [5, 5.41) is 17.4. The van der Waals surface area contributed by atoms with Gasteiger partial charge in [-0.15, -0.1) is 0 Å². The first-order chi connectivity index (χ1) is 32.9. The SMILES string of the molecule is CC(C)Cc1ccc(Nc2nc(N/N=C/c3c[nH]c4ccccc34)nc(N3CCOCC3)n2)cc1.Nc1ccc(Nc2nc(N/N=C/c3c[nH]c4ccccc34)nc(N3CCOCC3)n2)cc1. The number of aromatic amines is 2. The molecular formula is C48H53N17O2. The molecule has 342 valence electrons. The minimum atomic E-state index is 0.343. The van der Waals surface area contributed by atoms with Crippen LogP contribution in [0, 0.1) is 5.92 Å². The monoisotopic (exact) mass is 899 g/mol. The molecule has 0 aliphatic carbocycles. The number of fused-ring (bicyclic) bond motifs is 2. The van der Waals surface area contributed by atoms with Gasteiger partial charge < -0.3 is 45.6 Å². The second-order valence-electron chi connectivity index (χ2n) is 16.3. The van der Waals surface area contributed by atoms with Gasteiger partial charge in [0, 0.05) is 88.6 Å². The van der Waals surface area contributed by atoms with Crippen LogP contribution in [0.4, 0.5) is 52.8 Å². The molecule has 2 saturated heterocycles. The minimum Gasteiger partial charge on any atom is -0.399 e. The molecule has 0 saturated carbocycles. The van der Waals surface area contributed by atoms with Gasteiger partial charge in [0.25, 0.3) is 0 Å². The molecule has 10 rings (SSSR count). The van der Waals surface area contributed by atoms with Gasteiger partial charge in [0.2, 0.25) is 35.7 Å². The number of morpholine rings is 2. The third-order valence-corrected chi connectivity index (χ3v) is 10.8. The van der Waals surface area contributed by atoms with E-state index in [1.54, 1.807) is 12.4 Å². The predicted molar refractivity (Wildman–Crippen MR) is 267 cm³/mol. The van der Waals surface area contributed by atoms with E-state index in [1.165, 1.54) is 5.56 Å². The molecule has 67 heavy (non-hydrogen) atoms. The number of nitrogens with two attached hydrogens (primary N) is 1. The fraction of sp³-hybridized carbons (Fsp3) is 0.250. The topological polar surface area (TPSA) is 233 Å². The van der Waals surface area contributed by atoms with Crippen molar-refractivity contribution in [1.29, 1.82) is 0 Å². The maximum absolute atomic E-state index is 5.78. The fourth-order valence-corrected chi connectivity index (χ4v) is 7.49. The van der Waals surface area contributed by atoms with E-state index >= 15 is 0 Å². The van der Waals surface area contributed by atoms with E-state index in [0.717, 1.165) is 63.8 Å². The number of nitrogens with zero attached hydrogens (tertiary/aromatic N) is 10. The van der Waals surface area contributed by atoms with Crippen molar-refractivity contribution in [3.8, 4) is 0 Å². The molecule has 0 atom stereocenters. The number of para-hydroxylation sites is 2. The zero-order chi connectivity index (χ0) is 45.8. The quantitative estimate of drug-likeness (QED) is 0.0317. The highest BCUT2D eigenvalue weighted by Gasteiger charge is 2.19. The Morgan fingerprint density at radius 1 is 0.582 bits per heavy atom. The molecule has 19 heteroatoms. The van der Waals surface area contributed by atoms with Gasteiger partial charge in [-0.05, 0) is 66.4 Å². The van der Waals surface area contributed by atoms with Crippen LogP contribution in [0.25, 0.3) is 21.8 Å². The number of rotatable bonds is 14. The van der Waals surface area contributed by atoms with E-state index in [2.05, 4.69) is 126 Å². The summed E-state index contributed by atoms with van der Waals surface area (Å²) in [6.07, 6.45) is 8.40. The first kappa shape index (κ1) is 44.1. The molecule has 2 aliphatic rings. The Bertz CT molecular complexity index is 2920. The van der Waals surface area contributed by atoms with Gasteiger partial charge in [-0.3, -0.25) is 0 Å². The van der Waals surface area contributed by atoms with Gasteiger partial charge in [0.1, 0.15) is 0 Å². The summed E-state index contributed by atoms with van der Waals surface area (Å²) in [5.74, 6) is 3.36. The highest BCUT2D eigenvalue weighted by atomic mass is 16.5. The number of H-pyrrole nitrogens is 2. The van der Waals surface area contributed by atoms with E-state index in [4.69, 9.17) is 15.2 Å². The van der Waals surface area contributed by atoms with Crippen molar-refractivity contribution in [3.63, 3.8) is 0 Å². The summed E-state index contributed by atoms with van der Waals surface area (Å²) in [7, 11) is 0. The zero-order valence-corrected chi connectivity index (χ0v) is 37.4. The van der Waals surface area contributed by atoms with Gasteiger partial charge >= 0.3 is 0 Å². The number of hydrogen-bond donors (Lipinski definition) is 7. The largest absolute Gasteiger partial charge is 0.399 e. The van der Waals surface area contributed by atoms with Crippen LogP contribution >= 0.6 is 0 Å². The van der Waals surface area contributed by atoms with Gasteiger partial charge in [0.05, 0.1) is 38.9 Å². The van der Waals surface area contributed by atoms with Crippen LogP contribution in [-0.2, 0) is 15.9 Å². The highest BCUT2D eigenvalue weighted by Crippen LogP contribution is 2.23. The Labute approximate surface area is 387 Å². The van der Waals surface area contributed by atoms with E-state index in [1.807, 2.05) is 79.1 Å². The molecule has 4 aromatic carbocycles. The summed E-state index contributed by atoms with van der Waals surface area (Å²) >= 11 is 0. The molecule has 0 bridgehead atoms. The van der Waals surface area contributed by atoms with E-state index in [9.17, 15) is 0 Å². The predicted octanol–water partition coefficient (Wildman–Crippen LogP) is 7.54. The molecule has 6 heterocycles. The smallest absolute Gasteiger partial charge is 0.250 e. The summed E-state index contributed by atoms with van der Waals surface area (Å²) < 4.78 is 10.9. The number of anilines is 9. The molecule has 2 fully saturated rings. The van der Waals surface area contributed by atoms with Crippen LogP contribution in [0.2, 0.25) is 0 Å². The fourth-order valence-electron chi connectivity index (χ4n) is 7.49. The van der Waals surface area contributed by atoms with Crippen molar-refractivity contribution < 1.29 is 9.47 Å². The van der Waals surface area contributed by atoms with Gasteiger partial charge in [-0.1, -0.05) is 62.4 Å². The van der Waals surface area contributed by atoms with Crippen LogP contribution in [0.3, 0.4) is 0 Å². The third kappa shape index (κ3) is 11.8. The molecular weight excluding hydrogens is 847 g/mol. The Balaban J connectivity index is 0.000000169. The van der Waals surface area contributed by atoms with Crippen molar-refractivity contribution in [2.45, 2.75) is 20.3 Å². The molecule has 8 N–H and O–H groups in total. The second-order valence-corrected chi connectivity index (χ2v) is 16.3. The summed E-state index contributed by atoms with van der Waals surface area (Å²) in [6, 6.07) is 31.9. The van der Waals surface area contributed by atoms with Crippen LogP contribution in [-0.4, -0.2) is 105 Å². The Hall–Kier alpha value is -8.16. The molecule has 4 aromatic heterocycles. The van der Waals surface area contributed by atoms with Crippen molar-refractivity contribution in [2.24, 2.45) is 16.1 Å². The average Bonchev–Trinajstić information content (AvgIpc) is 3.97. The molecule has 8 aromatic rings. The third-order valence-electron chi connectivity index (χ3n) is 10.8. The molecule has 0 amide bonds. The van der Waals surface area contributed by atoms with Crippen LogP contribution in [0.1, 0.15) is 30.5 Å². The normalized spacial score (nSPS) is 14.2. The van der Waals surface area contributed by atoms with Crippen molar-refractivity contribution in [3.05, 3.63) is 126 Å². The lowest BCUT2D eigenvalue weighted by Crippen LogP contribution is -2.37. The van der Waals surface area contributed by atoms with E-state index < -0.39 is 0 Å². The highest BCUT2D eigenvalue weighted by molar-refractivity contribution is 6.00. The Morgan fingerprint density at radius 2 is 1.01 bits per heavy atom. The second kappa shape index (κ2) is 21.2. The molecule has 2 aliphatic heterocycles. The number of hydrogen-bond acceptors (Lipinski definition) is 17. The standard InChI is InChI=1S/C26H30N8O.C22H23N9O/c1-18(2)15-19-7-9-21(10-8-19)29-24-30-25(32-26(31-24)34-11-13-35-14-12-34)33-28-17-20-16-27-23-6-4-3-5-22(20)23;23-16-5-7-17(8-6-16)26-20-27-21(29-22(28-20)31-9-11-32-12-10-31)30-25-14-15-13-24-19-4-2-1-3-18(15)19/h3-10,16-18,27H,11-15H2,1-2H3,(H2,29,30,31,32,33);1-8,13-14,24H,9-12,23H2,(H2,26,27,28,29,30)/b28-17+;25-14+. The summed E-state index contributed by atoms with van der Waals surface area (Å²) in [5.41, 5.74) is 19.5. The van der Waals surface area contributed by atoms with Crippen LogP contribution in [0.5, 0.6) is 0 Å². The maximum Gasteiger partial charge on any atom is 0.250 e. The van der Waals surface area contributed by atoms with E-state index in [-0.39, 0.29) is 0 Å². The summed E-state index contributed by atoms with van der Waals surface area (Å²) in [4.78, 5) is 38.1. The van der Waals surface area contributed by atoms with Crippen LogP contribution in [0.15, 0.2) is 120 Å². The Kier molecular flexibility index (Phi) is 14.0. The summed E-state index contributed by atoms with van der Waals surface area (Å²) in [6.45, 7) is 9.88. The van der Waals surface area contributed by atoms with Gasteiger partial charge in [-0.25, -0.2) is 10.9 Å². The molecule has 0 radical (unpaired) electrons. The molecule has 0 unspecified atom stereocenters. The number of ether oxygens (including phenoxy) is 2. The first-order valence-electron chi connectivity index (χ1n) is 22.2. The van der Waals surface area contributed by atoms with Gasteiger partial charge in [-0.2, -0.15) is 40.1 Å². The van der Waals surface area contributed by atoms with Crippen LogP contribution < -0.4 is 37.0 Å². The zero-order valence-electron chi connectivity index (χ0n) is 37.4. The number of aromatic nitrogens is 8. The van der Waals surface area contributed by atoms with Crippen molar-refractivity contribution >= 4 is 87.0 Å².